The minimum absolute atomic E-state index is 0.00336. The fourth-order valence-electron chi connectivity index (χ4n) is 5.95. The molecular formula is C25H32N8O3. The zero-order valence-electron chi connectivity index (χ0n) is 20.6. The number of fused-ring (bicyclic) bond motifs is 2. The quantitative estimate of drug-likeness (QED) is 0.499. The van der Waals surface area contributed by atoms with Crippen molar-refractivity contribution in [1.29, 1.82) is 0 Å². The van der Waals surface area contributed by atoms with E-state index < -0.39 is 0 Å². The number of carbonyl (C=O) groups is 1. The van der Waals surface area contributed by atoms with Crippen LogP contribution in [-0.2, 0) is 16.1 Å². The molecule has 11 heteroatoms. The van der Waals surface area contributed by atoms with Gasteiger partial charge in [-0.25, -0.2) is 9.97 Å². The summed E-state index contributed by atoms with van der Waals surface area (Å²) in [5.41, 5.74) is 9.90. The van der Waals surface area contributed by atoms with Gasteiger partial charge in [-0.2, -0.15) is 5.10 Å². The van der Waals surface area contributed by atoms with E-state index in [2.05, 4.69) is 20.0 Å². The molecule has 3 aliphatic rings. The molecule has 2 atom stereocenters. The Morgan fingerprint density at radius 2 is 1.92 bits per heavy atom. The van der Waals surface area contributed by atoms with Gasteiger partial charge in [0, 0.05) is 44.6 Å². The number of piperidine rings is 1. The van der Waals surface area contributed by atoms with Gasteiger partial charge in [0.15, 0.2) is 22.8 Å². The minimum atomic E-state index is -0.223. The number of ether oxygens (including phenoxy) is 1. The predicted octanol–water partition coefficient (Wildman–Crippen LogP) is 1.68. The van der Waals surface area contributed by atoms with E-state index in [4.69, 9.17) is 20.4 Å². The van der Waals surface area contributed by atoms with Gasteiger partial charge in [-0.05, 0) is 31.9 Å². The zero-order chi connectivity index (χ0) is 25.0. The van der Waals surface area contributed by atoms with E-state index in [1.807, 2.05) is 31.2 Å². The summed E-state index contributed by atoms with van der Waals surface area (Å²) in [7, 11) is 0. The van der Waals surface area contributed by atoms with E-state index in [9.17, 15) is 9.90 Å². The molecule has 11 nitrogen and oxygen atoms in total. The second kappa shape index (κ2) is 8.68. The molecule has 3 aliphatic heterocycles. The molecule has 36 heavy (non-hydrogen) atoms. The van der Waals surface area contributed by atoms with Gasteiger partial charge in [-0.1, -0.05) is 12.1 Å². The number of carbonyl (C=O) groups excluding carboxylic acids is 1. The number of benzene rings is 1. The number of aliphatic hydroxyl groups is 1. The number of H-pyrrole nitrogens is 1. The third-order valence-electron chi connectivity index (χ3n) is 8.13. The molecule has 0 aliphatic carbocycles. The Labute approximate surface area is 209 Å². The topological polar surface area (TPSA) is 137 Å². The first-order chi connectivity index (χ1) is 17.4. The zero-order valence-corrected chi connectivity index (χ0v) is 20.6. The largest absolute Gasteiger partial charge is 0.390 e. The molecule has 6 rings (SSSR count). The van der Waals surface area contributed by atoms with Gasteiger partial charge in [-0.15, -0.1) is 0 Å². The maximum Gasteiger partial charge on any atom is 0.223 e. The summed E-state index contributed by atoms with van der Waals surface area (Å²) in [4.78, 5) is 27.9. The molecule has 0 unspecified atom stereocenters. The third kappa shape index (κ3) is 3.53. The Hall–Kier alpha value is -3.28. The van der Waals surface area contributed by atoms with Crippen molar-refractivity contribution < 1.29 is 14.6 Å². The van der Waals surface area contributed by atoms with E-state index in [1.54, 1.807) is 11.8 Å². The number of aliphatic hydroxyl groups excluding tert-OH is 1. The van der Waals surface area contributed by atoms with Crippen molar-refractivity contribution >= 4 is 40.1 Å². The molecule has 2 fully saturated rings. The summed E-state index contributed by atoms with van der Waals surface area (Å²) in [5.74, 6) is 1.32. The summed E-state index contributed by atoms with van der Waals surface area (Å²) in [5, 5.41) is 17.8. The van der Waals surface area contributed by atoms with Crippen molar-refractivity contribution in [1.82, 2.24) is 20.2 Å². The van der Waals surface area contributed by atoms with Gasteiger partial charge in [0.1, 0.15) is 5.69 Å². The SMILES string of the molecule is CC(=O)N1CCN(c2n[nH]c3nc(N4CCC5(CC4)CO[C@@H](C)[C@H]5N)c(CO)nc23)c2ccccc21. The van der Waals surface area contributed by atoms with Gasteiger partial charge in [0.2, 0.25) is 5.91 Å². The summed E-state index contributed by atoms with van der Waals surface area (Å²) in [6.07, 6.45) is 1.90. The number of aromatic amines is 1. The third-order valence-corrected chi connectivity index (χ3v) is 8.13. The lowest BCUT2D eigenvalue weighted by molar-refractivity contribution is -0.116. The van der Waals surface area contributed by atoms with E-state index >= 15 is 0 Å². The van der Waals surface area contributed by atoms with Crippen LogP contribution in [0.25, 0.3) is 11.2 Å². The molecule has 190 valence electrons. The Balaban J connectivity index is 1.32. The number of hydrogen-bond donors (Lipinski definition) is 3. The number of nitrogens with one attached hydrogen (secondary N) is 1. The maximum absolute atomic E-state index is 12.2. The molecule has 2 saturated heterocycles. The molecule has 0 saturated carbocycles. The lowest BCUT2D eigenvalue weighted by atomic mass is 9.73. The molecule has 0 bridgehead atoms. The monoisotopic (exact) mass is 492 g/mol. The molecule has 2 aromatic heterocycles. The van der Waals surface area contributed by atoms with E-state index in [0.29, 0.717) is 48.2 Å². The smallest absolute Gasteiger partial charge is 0.223 e. The average Bonchev–Trinajstić information content (AvgIpc) is 3.43. The van der Waals surface area contributed by atoms with Crippen LogP contribution < -0.4 is 20.4 Å². The van der Waals surface area contributed by atoms with Crippen molar-refractivity contribution in [3.63, 3.8) is 0 Å². The summed E-state index contributed by atoms with van der Waals surface area (Å²) < 4.78 is 5.86. The van der Waals surface area contributed by atoms with Crippen LogP contribution in [0.5, 0.6) is 0 Å². The number of amides is 1. The number of aromatic nitrogens is 4. The molecule has 1 aromatic carbocycles. The van der Waals surface area contributed by atoms with Gasteiger partial charge in [0.25, 0.3) is 0 Å². The van der Waals surface area contributed by atoms with Crippen molar-refractivity contribution in [3.8, 4) is 0 Å². The Morgan fingerprint density at radius 1 is 1.17 bits per heavy atom. The molecule has 1 amide bonds. The number of hydrogen-bond acceptors (Lipinski definition) is 9. The highest BCUT2D eigenvalue weighted by atomic mass is 16.5. The highest BCUT2D eigenvalue weighted by molar-refractivity contribution is 5.99. The molecule has 5 heterocycles. The first kappa shape index (κ1) is 23.1. The first-order valence-electron chi connectivity index (χ1n) is 12.5. The number of nitrogens with two attached hydrogens (primary N) is 1. The first-order valence-corrected chi connectivity index (χ1v) is 12.5. The second-order valence-corrected chi connectivity index (χ2v) is 10.1. The van der Waals surface area contributed by atoms with Crippen LogP contribution in [0.15, 0.2) is 24.3 Å². The van der Waals surface area contributed by atoms with Crippen LogP contribution in [0, 0.1) is 5.41 Å². The van der Waals surface area contributed by atoms with E-state index in [-0.39, 0.29) is 30.1 Å². The van der Waals surface area contributed by atoms with Crippen molar-refractivity contribution in [2.45, 2.75) is 45.4 Å². The van der Waals surface area contributed by atoms with Crippen LogP contribution >= 0.6 is 0 Å². The van der Waals surface area contributed by atoms with Crippen LogP contribution in [-0.4, -0.2) is 76.1 Å². The minimum Gasteiger partial charge on any atom is -0.390 e. The molecule has 3 aromatic rings. The van der Waals surface area contributed by atoms with Crippen molar-refractivity contribution in [2.24, 2.45) is 11.1 Å². The van der Waals surface area contributed by atoms with Gasteiger partial charge in [-0.3, -0.25) is 9.89 Å². The number of rotatable bonds is 3. The predicted molar refractivity (Wildman–Crippen MR) is 136 cm³/mol. The standard InChI is InChI=1S/C25H32N8O3/c1-15-21(26)25(14-36-15)7-9-31(10-8-25)23-17(13-34)27-20-22(28-23)29-30-24(20)33-12-11-32(16(2)35)18-5-3-4-6-19(18)33/h3-6,15,21,34H,7-14,26H2,1-2H3,(H,28,29,30)/t15-,21+/m0/s1. The van der Waals surface area contributed by atoms with Crippen molar-refractivity contribution in [2.75, 3.05) is 47.5 Å². The van der Waals surface area contributed by atoms with Gasteiger partial charge < -0.3 is 30.3 Å². The summed E-state index contributed by atoms with van der Waals surface area (Å²) in [6, 6.07) is 7.81. The van der Waals surface area contributed by atoms with E-state index in [0.717, 1.165) is 37.3 Å². The lowest BCUT2D eigenvalue weighted by Gasteiger charge is -2.41. The van der Waals surface area contributed by atoms with Gasteiger partial charge >= 0.3 is 0 Å². The Bertz CT molecular complexity index is 1300. The molecule has 4 N–H and O–H groups in total. The fourth-order valence-corrected chi connectivity index (χ4v) is 5.95. The second-order valence-electron chi connectivity index (χ2n) is 10.1. The van der Waals surface area contributed by atoms with Crippen LogP contribution in [0.4, 0.5) is 23.0 Å². The Morgan fingerprint density at radius 3 is 2.58 bits per heavy atom. The van der Waals surface area contributed by atoms with Crippen molar-refractivity contribution in [3.05, 3.63) is 30.0 Å². The number of anilines is 4. The highest BCUT2D eigenvalue weighted by Gasteiger charge is 2.47. The fraction of sp³-hybridized carbons (Fsp3) is 0.520. The van der Waals surface area contributed by atoms with Crippen LogP contribution in [0.3, 0.4) is 0 Å². The number of nitrogens with zero attached hydrogens (tertiary/aromatic N) is 6. The van der Waals surface area contributed by atoms with Crippen LogP contribution in [0.1, 0.15) is 32.4 Å². The molecule has 1 spiro atoms. The summed E-state index contributed by atoms with van der Waals surface area (Å²) in [6.45, 7) is 6.76. The molecule has 0 radical (unpaired) electrons. The van der Waals surface area contributed by atoms with Gasteiger partial charge in [0.05, 0.1) is 30.7 Å². The van der Waals surface area contributed by atoms with E-state index in [1.165, 1.54) is 0 Å². The highest BCUT2D eigenvalue weighted by Crippen LogP contribution is 2.43. The summed E-state index contributed by atoms with van der Waals surface area (Å²) >= 11 is 0. The normalized spacial score (nSPS) is 23.5. The number of para-hydroxylation sites is 2. The lowest BCUT2D eigenvalue weighted by Crippen LogP contribution is -2.51. The average molecular weight is 493 g/mol. The van der Waals surface area contributed by atoms with Crippen LogP contribution in [0.2, 0.25) is 0 Å². The maximum atomic E-state index is 12.2. The Kier molecular flexibility index (Phi) is 5.58. The molecular weight excluding hydrogens is 460 g/mol.